The first kappa shape index (κ1) is 25.6. The number of nitrogens with one attached hydrogen (secondary N) is 2. The van der Waals surface area contributed by atoms with Gasteiger partial charge in [-0.2, -0.15) is 8.78 Å². The monoisotopic (exact) mass is 521 g/mol. The molecule has 0 aliphatic heterocycles. The molecule has 1 aromatic carbocycles. The SMILES string of the molecule is CCOc1cccc(CNC(=NC)NCCCS(C)(=O)=O)c1OC(F)F.I. The molecule has 156 valence electrons. The lowest BCUT2D eigenvalue weighted by Gasteiger charge is -2.17. The van der Waals surface area contributed by atoms with Gasteiger partial charge in [-0.05, 0) is 19.4 Å². The van der Waals surface area contributed by atoms with E-state index in [2.05, 4.69) is 20.4 Å². The third kappa shape index (κ3) is 10.5. The Labute approximate surface area is 175 Å². The molecule has 0 atom stereocenters. The minimum Gasteiger partial charge on any atom is -0.490 e. The van der Waals surface area contributed by atoms with Crippen molar-refractivity contribution < 1.29 is 26.7 Å². The highest BCUT2D eigenvalue weighted by Crippen LogP contribution is 2.32. The summed E-state index contributed by atoms with van der Waals surface area (Å²) in [5.41, 5.74) is 0.482. The van der Waals surface area contributed by atoms with E-state index in [0.717, 1.165) is 0 Å². The maximum Gasteiger partial charge on any atom is 0.387 e. The fraction of sp³-hybridized carbons (Fsp3) is 0.562. The maximum atomic E-state index is 12.7. The Morgan fingerprint density at radius 3 is 2.56 bits per heavy atom. The van der Waals surface area contributed by atoms with E-state index in [9.17, 15) is 17.2 Å². The molecule has 1 rings (SSSR count). The molecule has 0 spiro atoms. The summed E-state index contributed by atoms with van der Waals surface area (Å²) in [7, 11) is -1.46. The van der Waals surface area contributed by atoms with Gasteiger partial charge in [0, 0.05) is 32.0 Å². The number of hydrogen-bond acceptors (Lipinski definition) is 5. The number of alkyl halides is 2. The topological polar surface area (TPSA) is 89.0 Å². The van der Waals surface area contributed by atoms with Gasteiger partial charge in [-0.25, -0.2) is 8.42 Å². The molecule has 0 radical (unpaired) electrons. The zero-order valence-corrected chi connectivity index (χ0v) is 18.6. The molecule has 27 heavy (non-hydrogen) atoms. The minimum atomic E-state index is -3.01. The fourth-order valence-electron chi connectivity index (χ4n) is 2.13. The van der Waals surface area contributed by atoms with Crippen LogP contribution in [-0.4, -0.2) is 53.2 Å². The molecular formula is C16H26F2IN3O4S. The third-order valence-corrected chi connectivity index (χ3v) is 4.25. The molecule has 0 saturated heterocycles. The predicted octanol–water partition coefficient (Wildman–Crippen LogP) is 2.40. The van der Waals surface area contributed by atoms with Crippen LogP contribution in [0.2, 0.25) is 0 Å². The maximum absolute atomic E-state index is 12.7. The van der Waals surface area contributed by atoms with Gasteiger partial charge in [0.15, 0.2) is 17.5 Å². The molecular weight excluding hydrogens is 495 g/mol. The quantitative estimate of drug-likeness (QED) is 0.213. The predicted molar refractivity (Wildman–Crippen MR) is 112 cm³/mol. The molecule has 7 nitrogen and oxygen atoms in total. The number of para-hydroxylation sites is 1. The molecule has 0 aliphatic carbocycles. The normalized spacial score (nSPS) is 11.7. The second kappa shape index (κ2) is 12.9. The van der Waals surface area contributed by atoms with Crippen molar-refractivity contribution in [3.05, 3.63) is 23.8 Å². The Kier molecular flexibility index (Phi) is 12.3. The van der Waals surface area contributed by atoms with E-state index in [1.54, 1.807) is 32.2 Å². The standard InChI is InChI=1S/C16H25F2N3O4S.HI/c1-4-24-13-8-5-7-12(14(13)25-15(17)18)11-21-16(19-2)20-9-6-10-26(3,22)23;/h5,7-8,15H,4,6,9-11H2,1-3H3,(H2,19,20,21);1H. The Hall–Kier alpha value is -1.37. The van der Waals surface area contributed by atoms with Gasteiger partial charge < -0.3 is 20.1 Å². The number of aliphatic imine (C=N–C) groups is 1. The van der Waals surface area contributed by atoms with Gasteiger partial charge in [-0.1, -0.05) is 12.1 Å². The molecule has 0 heterocycles. The Morgan fingerprint density at radius 1 is 1.30 bits per heavy atom. The van der Waals surface area contributed by atoms with Crippen LogP contribution in [0.5, 0.6) is 11.5 Å². The lowest BCUT2D eigenvalue weighted by molar-refractivity contribution is -0.0520. The van der Waals surface area contributed by atoms with Crippen LogP contribution >= 0.6 is 24.0 Å². The van der Waals surface area contributed by atoms with Crippen molar-refractivity contribution in [1.82, 2.24) is 10.6 Å². The Balaban J connectivity index is 0.00000676. The number of halogens is 3. The van der Waals surface area contributed by atoms with Crippen molar-refractivity contribution in [2.45, 2.75) is 26.5 Å². The summed E-state index contributed by atoms with van der Waals surface area (Å²) in [6.07, 6.45) is 1.61. The number of guanidine groups is 1. The number of benzene rings is 1. The molecule has 0 amide bonds. The summed E-state index contributed by atoms with van der Waals surface area (Å²) in [4.78, 5) is 4.01. The van der Waals surface area contributed by atoms with Crippen molar-refractivity contribution in [1.29, 1.82) is 0 Å². The second-order valence-corrected chi connectivity index (χ2v) is 7.65. The van der Waals surface area contributed by atoms with Crippen molar-refractivity contribution in [2.75, 3.05) is 32.2 Å². The molecule has 0 bridgehead atoms. The van der Waals surface area contributed by atoms with Gasteiger partial charge in [-0.15, -0.1) is 24.0 Å². The van der Waals surface area contributed by atoms with Crippen molar-refractivity contribution in [2.24, 2.45) is 4.99 Å². The lowest BCUT2D eigenvalue weighted by Crippen LogP contribution is -2.37. The van der Waals surface area contributed by atoms with E-state index in [1.807, 2.05) is 0 Å². The first-order valence-corrected chi connectivity index (χ1v) is 10.1. The molecule has 1 aromatic rings. The van der Waals surface area contributed by atoms with Crippen molar-refractivity contribution in [3.63, 3.8) is 0 Å². The van der Waals surface area contributed by atoms with Crippen molar-refractivity contribution in [3.8, 4) is 11.5 Å². The Bertz CT molecular complexity index is 703. The number of ether oxygens (including phenoxy) is 2. The first-order chi connectivity index (χ1) is 12.3. The van der Waals surface area contributed by atoms with Crippen LogP contribution in [0.4, 0.5) is 8.78 Å². The van der Waals surface area contributed by atoms with E-state index in [-0.39, 0.29) is 47.8 Å². The Morgan fingerprint density at radius 2 is 2.00 bits per heavy atom. The smallest absolute Gasteiger partial charge is 0.387 e. The number of sulfone groups is 1. The highest BCUT2D eigenvalue weighted by molar-refractivity contribution is 14.0. The van der Waals surface area contributed by atoms with Crippen LogP contribution in [-0.2, 0) is 16.4 Å². The van der Waals surface area contributed by atoms with E-state index >= 15 is 0 Å². The summed E-state index contributed by atoms with van der Waals surface area (Å²) in [5.74, 6) is 0.704. The van der Waals surface area contributed by atoms with Crippen LogP contribution in [0.1, 0.15) is 18.9 Å². The van der Waals surface area contributed by atoms with Crippen molar-refractivity contribution >= 4 is 39.8 Å². The zero-order chi connectivity index (χ0) is 19.6. The van der Waals surface area contributed by atoms with Gasteiger partial charge in [0.05, 0.1) is 12.4 Å². The minimum absolute atomic E-state index is 0. The molecule has 0 aliphatic rings. The molecule has 2 N–H and O–H groups in total. The average molecular weight is 521 g/mol. The summed E-state index contributed by atoms with van der Waals surface area (Å²) in [6.45, 7) is -0.316. The summed E-state index contributed by atoms with van der Waals surface area (Å²) >= 11 is 0. The largest absolute Gasteiger partial charge is 0.490 e. The fourth-order valence-corrected chi connectivity index (χ4v) is 2.80. The summed E-state index contributed by atoms with van der Waals surface area (Å²) < 4.78 is 57.6. The van der Waals surface area contributed by atoms with Gasteiger partial charge in [0.1, 0.15) is 9.84 Å². The highest BCUT2D eigenvalue weighted by atomic mass is 127. The second-order valence-electron chi connectivity index (χ2n) is 5.39. The van der Waals surface area contributed by atoms with Crippen LogP contribution < -0.4 is 20.1 Å². The number of nitrogens with zero attached hydrogens (tertiary/aromatic N) is 1. The van der Waals surface area contributed by atoms with E-state index in [1.165, 1.54) is 6.26 Å². The molecule has 0 saturated carbocycles. The summed E-state index contributed by atoms with van der Waals surface area (Å²) in [6, 6.07) is 4.88. The first-order valence-electron chi connectivity index (χ1n) is 8.08. The van der Waals surface area contributed by atoms with Crippen LogP contribution in [0.15, 0.2) is 23.2 Å². The van der Waals surface area contributed by atoms with E-state index in [4.69, 9.17) is 4.74 Å². The highest BCUT2D eigenvalue weighted by Gasteiger charge is 2.16. The number of hydrogen-bond donors (Lipinski definition) is 2. The molecule has 11 heteroatoms. The van der Waals surface area contributed by atoms with Crippen LogP contribution in [0, 0.1) is 0 Å². The van der Waals surface area contributed by atoms with Crippen LogP contribution in [0.25, 0.3) is 0 Å². The van der Waals surface area contributed by atoms with Crippen LogP contribution in [0.3, 0.4) is 0 Å². The molecule has 0 aromatic heterocycles. The summed E-state index contributed by atoms with van der Waals surface area (Å²) in [5, 5.41) is 5.94. The molecule has 0 fully saturated rings. The molecule has 0 unspecified atom stereocenters. The van der Waals surface area contributed by atoms with Gasteiger partial charge in [0.2, 0.25) is 0 Å². The van der Waals surface area contributed by atoms with E-state index < -0.39 is 16.4 Å². The zero-order valence-electron chi connectivity index (χ0n) is 15.5. The van der Waals surface area contributed by atoms with Gasteiger partial charge in [-0.3, -0.25) is 4.99 Å². The van der Waals surface area contributed by atoms with E-state index in [0.29, 0.717) is 31.1 Å². The number of rotatable bonds is 10. The average Bonchev–Trinajstić information content (AvgIpc) is 2.55. The van der Waals surface area contributed by atoms with Gasteiger partial charge >= 0.3 is 6.61 Å². The third-order valence-electron chi connectivity index (χ3n) is 3.22. The lowest BCUT2D eigenvalue weighted by atomic mass is 10.2. The van der Waals surface area contributed by atoms with Gasteiger partial charge in [0.25, 0.3) is 0 Å².